The zero-order valence-electron chi connectivity index (χ0n) is 20.0. The molecule has 36 heavy (non-hydrogen) atoms. The second-order valence-corrected chi connectivity index (χ2v) is 9.91. The molecular formula is C27H26Cl2N4O3. The van der Waals surface area contributed by atoms with E-state index >= 15 is 0 Å². The summed E-state index contributed by atoms with van der Waals surface area (Å²) >= 11 is 12.1. The molecule has 1 fully saturated rings. The molecule has 3 heterocycles. The van der Waals surface area contributed by atoms with Crippen molar-refractivity contribution in [2.45, 2.75) is 38.5 Å². The van der Waals surface area contributed by atoms with Crippen molar-refractivity contribution in [2.75, 3.05) is 13.6 Å². The van der Waals surface area contributed by atoms with Crippen LogP contribution in [0.3, 0.4) is 0 Å². The molecule has 186 valence electrons. The van der Waals surface area contributed by atoms with E-state index in [9.17, 15) is 9.59 Å². The van der Waals surface area contributed by atoms with Crippen LogP contribution in [0.5, 0.6) is 0 Å². The number of carbonyl (C=O) groups is 1. The molecule has 0 bridgehead atoms. The van der Waals surface area contributed by atoms with Gasteiger partial charge in [0.25, 0.3) is 0 Å². The lowest BCUT2D eigenvalue weighted by molar-refractivity contribution is -0.136. The van der Waals surface area contributed by atoms with Crippen molar-refractivity contribution in [1.82, 2.24) is 19.4 Å². The van der Waals surface area contributed by atoms with Crippen LogP contribution in [0.25, 0.3) is 22.2 Å². The van der Waals surface area contributed by atoms with E-state index in [0.29, 0.717) is 21.3 Å². The number of fused-ring (bicyclic) bond motifs is 1. The van der Waals surface area contributed by atoms with Gasteiger partial charge in [0, 0.05) is 30.9 Å². The molecule has 5 rings (SSSR count). The Hall–Kier alpha value is -3.13. The summed E-state index contributed by atoms with van der Waals surface area (Å²) < 4.78 is 6.61. The minimum absolute atomic E-state index is 0.116. The fraction of sp³-hybridized carbons (Fsp3) is 0.296. The largest absolute Gasteiger partial charge is 0.420 e. The van der Waals surface area contributed by atoms with Gasteiger partial charge in [0.05, 0.1) is 11.7 Å². The van der Waals surface area contributed by atoms with Gasteiger partial charge < -0.3 is 9.32 Å². The Labute approximate surface area is 218 Å². The molecule has 2 aromatic carbocycles. The molecule has 0 N–H and O–H groups in total. The molecule has 0 radical (unpaired) electrons. The predicted molar refractivity (Wildman–Crippen MR) is 141 cm³/mol. The van der Waals surface area contributed by atoms with Crippen molar-refractivity contribution in [3.05, 3.63) is 87.1 Å². The van der Waals surface area contributed by atoms with Gasteiger partial charge in [0.15, 0.2) is 5.58 Å². The van der Waals surface area contributed by atoms with Crippen LogP contribution in [0.4, 0.5) is 0 Å². The maximum absolute atomic E-state index is 13.2. The molecule has 7 nitrogen and oxygen atoms in total. The molecule has 0 spiro atoms. The highest BCUT2D eigenvalue weighted by molar-refractivity contribution is 6.31. The van der Waals surface area contributed by atoms with Crippen molar-refractivity contribution in [1.29, 1.82) is 0 Å². The van der Waals surface area contributed by atoms with Gasteiger partial charge >= 0.3 is 5.76 Å². The van der Waals surface area contributed by atoms with Gasteiger partial charge in [-0.3, -0.25) is 14.3 Å². The van der Waals surface area contributed by atoms with Gasteiger partial charge in [-0.2, -0.15) is 0 Å². The molecular weight excluding hydrogens is 499 g/mol. The second-order valence-electron chi connectivity index (χ2n) is 9.09. The van der Waals surface area contributed by atoms with Crippen LogP contribution in [0.15, 0.2) is 70.0 Å². The average Bonchev–Trinajstić information content (AvgIpc) is 3.48. The van der Waals surface area contributed by atoms with Crippen molar-refractivity contribution < 1.29 is 9.21 Å². The Morgan fingerprint density at radius 1 is 1.14 bits per heavy atom. The van der Waals surface area contributed by atoms with Crippen molar-refractivity contribution in [3.63, 3.8) is 0 Å². The van der Waals surface area contributed by atoms with Gasteiger partial charge in [-0.1, -0.05) is 47.5 Å². The highest BCUT2D eigenvalue weighted by atomic mass is 35.5. The summed E-state index contributed by atoms with van der Waals surface area (Å²) in [5.41, 5.74) is 4.22. The van der Waals surface area contributed by atoms with Crippen LogP contribution in [-0.2, 0) is 11.3 Å². The Balaban J connectivity index is 1.31. The Morgan fingerprint density at radius 2 is 1.92 bits per heavy atom. The molecule has 1 aliphatic rings. The van der Waals surface area contributed by atoms with E-state index in [1.165, 1.54) is 10.1 Å². The highest BCUT2D eigenvalue weighted by Crippen LogP contribution is 2.35. The quantitative estimate of drug-likeness (QED) is 0.307. The molecule has 2 aromatic heterocycles. The van der Waals surface area contributed by atoms with E-state index in [0.717, 1.165) is 30.5 Å². The normalized spacial score (nSPS) is 16.9. The minimum Gasteiger partial charge on any atom is -0.408 e. The summed E-state index contributed by atoms with van der Waals surface area (Å²) in [7, 11) is 1.78. The lowest BCUT2D eigenvalue weighted by Gasteiger charge is -2.37. The third-order valence-corrected chi connectivity index (χ3v) is 7.45. The summed E-state index contributed by atoms with van der Waals surface area (Å²) in [6.45, 7) is 2.79. The standard InChI is InChI=1S/C27H26Cl2N4O3/c1-17(31(2)26(34)16-33-23-15-21(28)9-10-24(23)36-27(33)35)32-13-3-4-22(32)19-7-5-18(6-8-19)20-11-12-30-25(29)14-20/h5-12,14-15,17,22H,3-4,13,16H2,1-2H3. The topological polar surface area (TPSA) is 71.6 Å². The summed E-state index contributed by atoms with van der Waals surface area (Å²) in [6.07, 6.45) is 3.61. The average molecular weight is 525 g/mol. The molecule has 1 amide bonds. The van der Waals surface area contributed by atoms with Gasteiger partial charge in [0.2, 0.25) is 5.91 Å². The number of oxazole rings is 1. The first-order chi connectivity index (χ1) is 17.3. The van der Waals surface area contributed by atoms with Crippen molar-refractivity contribution >= 4 is 40.2 Å². The van der Waals surface area contributed by atoms with Crippen LogP contribution >= 0.6 is 23.2 Å². The van der Waals surface area contributed by atoms with Crippen LogP contribution in [-0.4, -0.2) is 45.0 Å². The van der Waals surface area contributed by atoms with E-state index in [1.807, 2.05) is 19.1 Å². The number of likely N-dealkylation sites (N-methyl/N-ethyl adjacent to an activating group) is 1. The zero-order chi connectivity index (χ0) is 25.4. The number of likely N-dealkylation sites (tertiary alicyclic amines) is 1. The van der Waals surface area contributed by atoms with E-state index in [-0.39, 0.29) is 24.7 Å². The van der Waals surface area contributed by atoms with Crippen molar-refractivity contribution in [3.8, 4) is 11.1 Å². The monoisotopic (exact) mass is 524 g/mol. The lowest BCUT2D eigenvalue weighted by atomic mass is 10.00. The third-order valence-electron chi connectivity index (χ3n) is 7.01. The summed E-state index contributed by atoms with van der Waals surface area (Å²) in [5, 5.41) is 0.943. The first kappa shape index (κ1) is 24.6. The molecule has 2 unspecified atom stereocenters. The summed E-state index contributed by atoms with van der Waals surface area (Å²) in [4.78, 5) is 33.7. The van der Waals surface area contributed by atoms with Gasteiger partial charge in [-0.25, -0.2) is 9.78 Å². The maximum Gasteiger partial charge on any atom is 0.420 e. The molecule has 1 saturated heterocycles. The van der Waals surface area contributed by atoms with Crippen LogP contribution in [0, 0.1) is 0 Å². The Kier molecular flexibility index (Phi) is 6.88. The second kappa shape index (κ2) is 10.1. The minimum atomic E-state index is -0.573. The number of pyridine rings is 1. The smallest absolute Gasteiger partial charge is 0.408 e. The molecule has 2 atom stereocenters. The SMILES string of the molecule is CC(N(C)C(=O)Cn1c(=O)oc2ccc(Cl)cc21)N1CCCC1c1ccc(-c2ccnc(Cl)c2)cc1. The van der Waals surface area contributed by atoms with E-state index < -0.39 is 5.76 Å². The molecule has 0 saturated carbocycles. The number of benzene rings is 2. The Bertz CT molecular complexity index is 1460. The lowest BCUT2D eigenvalue weighted by Crippen LogP contribution is -2.48. The first-order valence-electron chi connectivity index (χ1n) is 11.8. The number of carbonyl (C=O) groups excluding carboxylic acids is 1. The summed E-state index contributed by atoms with van der Waals surface area (Å²) in [6, 6.07) is 17.4. The number of halogens is 2. The summed E-state index contributed by atoms with van der Waals surface area (Å²) in [5.74, 6) is -0.751. The fourth-order valence-corrected chi connectivity index (χ4v) is 5.28. The molecule has 4 aromatic rings. The van der Waals surface area contributed by atoms with E-state index in [2.05, 4.69) is 34.1 Å². The van der Waals surface area contributed by atoms with Crippen LogP contribution in [0.1, 0.15) is 31.4 Å². The van der Waals surface area contributed by atoms with Crippen LogP contribution in [0.2, 0.25) is 10.2 Å². The number of amides is 1. The molecule has 0 aliphatic carbocycles. The van der Waals surface area contributed by atoms with Crippen molar-refractivity contribution in [2.24, 2.45) is 0 Å². The number of aromatic nitrogens is 2. The Morgan fingerprint density at radius 3 is 2.67 bits per heavy atom. The third kappa shape index (κ3) is 4.78. The van der Waals surface area contributed by atoms with Gasteiger partial charge in [0.1, 0.15) is 11.7 Å². The fourth-order valence-electron chi connectivity index (χ4n) is 4.94. The van der Waals surface area contributed by atoms with Crippen LogP contribution < -0.4 is 5.76 Å². The number of hydrogen-bond acceptors (Lipinski definition) is 5. The number of rotatable bonds is 6. The first-order valence-corrected chi connectivity index (χ1v) is 12.6. The van der Waals surface area contributed by atoms with Gasteiger partial charge in [-0.05, 0) is 66.8 Å². The van der Waals surface area contributed by atoms with Gasteiger partial charge in [-0.15, -0.1) is 0 Å². The molecule has 1 aliphatic heterocycles. The van der Waals surface area contributed by atoms with E-state index in [4.69, 9.17) is 27.6 Å². The predicted octanol–water partition coefficient (Wildman–Crippen LogP) is 5.60. The number of nitrogens with zero attached hydrogens (tertiary/aromatic N) is 4. The zero-order valence-corrected chi connectivity index (χ0v) is 21.5. The molecule has 9 heteroatoms. The van der Waals surface area contributed by atoms with E-state index in [1.54, 1.807) is 36.3 Å². The highest BCUT2D eigenvalue weighted by Gasteiger charge is 2.33. The maximum atomic E-state index is 13.2. The number of hydrogen-bond donors (Lipinski definition) is 0.